The molecule has 0 spiro atoms. The van der Waals surface area contributed by atoms with Crippen molar-refractivity contribution in [3.05, 3.63) is 0 Å². The van der Waals surface area contributed by atoms with Crippen molar-refractivity contribution in [1.29, 1.82) is 0 Å². The van der Waals surface area contributed by atoms with Crippen molar-refractivity contribution in [2.75, 3.05) is 5.33 Å². The Morgan fingerprint density at radius 1 is 1.50 bits per heavy atom. The van der Waals surface area contributed by atoms with Gasteiger partial charge in [0.25, 0.3) is 0 Å². The van der Waals surface area contributed by atoms with Crippen LogP contribution in [-0.4, -0.2) is 5.33 Å². The lowest BCUT2D eigenvalue weighted by atomic mass is 10.3. The monoisotopic (exact) mass is 153 g/mol. The first-order valence-corrected chi connectivity index (χ1v) is 2.95. The molecule has 0 radical (unpaired) electrons. The van der Waals surface area contributed by atoms with E-state index in [1.54, 1.807) is 0 Å². The Bertz CT molecular complexity index is 21.5. The van der Waals surface area contributed by atoms with E-state index in [1.807, 2.05) is 0 Å². The molecule has 3 N–H and O–H groups in total. The molecule has 0 aliphatic rings. The van der Waals surface area contributed by atoms with Gasteiger partial charge in [-0.3, -0.25) is 0 Å². The number of hydrogen-bond donors (Lipinski definition) is 1. The summed E-state index contributed by atoms with van der Waals surface area (Å²) in [4.78, 5) is 0. The second-order valence-corrected chi connectivity index (χ2v) is 2.20. The average molecular weight is 154 g/mol. The van der Waals surface area contributed by atoms with Gasteiger partial charge in [-0.25, -0.2) is 0 Å². The lowest BCUT2D eigenvalue weighted by Gasteiger charge is -1.88. The maximum atomic E-state index is 3.31. The predicted octanol–water partition coefficient (Wildman–Crippen LogP) is 2.20. The van der Waals surface area contributed by atoms with Gasteiger partial charge in [-0.2, -0.15) is 0 Å². The van der Waals surface area contributed by atoms with Crippen LogP contribution in [0.1, 0.15) is 13.8 Å². The molecule has 40 valence electrons. The highest BCUT2D eigenvalue weighted by Crippen LogP contribution is 1.94. The van der Waals surface area contributed by atoms with Gasteiger partial charge >= 0.3 is 0 Å². The van der Waals surface area contributed by atoms with Crippen LogP contribution in [-0.2, 0) is 0 Å². The van der Waals surface area contributed by atoms with Crippen molar-refractivity contribution in [3.63, 3.8) is 0 Å². The first-order chi connectivity index (χ1) is 2.27. The van der Waals surface area contributed by atoms with Crippen molar-refractivity contribution >= 4 is 15.9 Å². The zero-order chi connectivity index (χ0) is 4.28. The van der Waals surface area contributed by atoms with Crippen LogP contribution in [0.4, 0.5) is 0 Å². The number of hydrogen-bond acceptors (Lipinski definition) is 1. The fourth-order valence-electron chi connectivity index (χ4n) is 0. The lowest BCUT2D eigenvalue weighted by Crippen LogP contribution is -1.82. The molecule has 0 aromatic carbocycles. The maximum Gasteiger partial charge on any atom is 0.00544 e. The van der Waals surface area contributed by atoms with E-state index in [0.29, 0.717) is 0 Å². The smallest absolute Gasteiger partial charge is 0.00544 e. The molecular weight excluding hydrogens is 142 g/mol. The Hall–Kier alpha value is 0.440. The van der Waals surface area contributed by atoms with E-state index >= 15 is 0 Å². The molecule has 0 saturated heterocycles. The molecule has 0 heterocycles. The Morgan fingerprint density at radius 2 is 1.67 bits per heavy atom. The van der Waals surface area contributed by atoms with Gasteiger partial charge in [0.2, 0.25) is 0 Å². The molecule has 0 bridgehead atoms. The fourth-order valence-corrected chi connectivity index (χ4v) is 0. The topological polar surface area (TPSA) is 35.0 Å². The van der Waals surface area contributed by atoms with E-state index in [2.05, 4.69) is 29.8 Å². The van der Waals surface area contributed by atoms with E-state index in [1.165, 1.54) is 0 Å². The molecule has 0 rings (SSSR count). The van der Waals surface area contributed by atoms with Crippen LogP contribution >= 0.6 is 15.9 Å². The lowest BCUT2D eigenvalue weighted by molar-refractivity contribution is 0.756. The summed E-state index contributed by atoms with van der Waals surface area (Å²) in [5.74, 6) is 0.801. The van der Waals surface area contributed by atoms with Crippen LogP contribution in [0.5, 0.6) is 0 Å². The summed E-state index contributed by atoms with van der Waals surface area (Å²) in [7, 11) is 0. The van der Waals surface area contributed by atoms with Crippen LogP contribution in [0, 0.1) is 5.92 Å². The molecule has 6 heavy (non-hydrogen) atoms. The summed E-state index contributed by atoms with van der Waals surface area (Å²) >= 11 is 3.31. The third kappa shape index (κ3) is 8.83. The van der Waals surface area contributed by atoms with Gasteiger partial charge in [0.15, 0.2) is 0 Å². The highest BCUT2D eigenvalue weighted by Gasteiger charge is 1.81. The van der Waals surface area contributed by atoms with Crippen LogP contribution in [0.2, 0.25) is 0 Å². The Morgan fingerprint density at radius 3 is 1.67 bits per heavy atom. The van der Waals surface area contributed by atoms with Crippen LogP contribution in [0.3, 0.4) is 0 Å². The van der Waals surface area contributed by atoms with Gasteiger partial charge in [0, 0.05) is 5.33 Å². The zero-order valence-electron chi connectivity index (χ0n) is 4.37. The minimum Gasteiger partial charge on any atom is -0.344 e. The number of alkyl halides is 1. The summed E-state index contributed by atoms with van der Waals surface area (Å²) in [6.07, 6.45) is 0. The molecule has 2 heteroatoms. The molecular formula is C4H12BrN. The van der Waals surface area contributed by atoms with E-state index in [0.717, 1.165) is 11.2 Å². The van der Waals surface area contributed by atoms with Crippen LogP contribution in [0.15, 0.2) is 0 Å². The minimum absolute atomic E-state index is 0. The number of halogens is 1. The molecule has 1 nitrogen and oxygen atoms in total. The third-order valence-corrected chi connectivity index (χ3v) is 1.60. The average Bonchev–Trinajstić information content (AvgIpc) is 1.38. The van der Waals surface area contributed by atoms with Crippen molar-refractivity contribution < 1.29 is 0 Å². The fraction of sp³-hybridized carbons (Fsp3) is 1.00. The molecule has 0 aromatic rings. The Labute approximate surface area is 47.8 Å². The van der Waals surface area contributed by atoms with Crippen molar-refractivity contribution in [3.8, 4) is 0 Å². The van der Waals surface area contributed by atoms with E-state index in [9.17, 15) is 0 Å². The van der Waals surface area contributed by atoms with Gasteiger partial charge in [-0.15, -0.1) is 0 Å². The first-order valence-electron chi connectivity index (χ1n) is 1.83. The highest BCUT2D eigenvalue weighted by molar-refractivity contribution is 9.09. The minimum atomic E-state index is 0. The maximum absolute atomic E-state index is 3.31. The summed E-state index contributed by atoms with van der Waals surface area (Å²) in [5, 5.41) is 1.12. The van der Waals surface area contributed by atoms with Gasteiger partial charge in [-0.1, -0.05) is 29.8 Å². The van der Waals surface area contributed by atoms with Gasteiger partial charge in [0.1, 0.15) is 0 Å². The van der Waals surface area contributed by atoms with Crippen LogP contribution < -0.4 is 6.15 Å². The molecule has 0 amide bonds. The van der Waals surface area contributed by atoms with Crippen LogP contribution in [0.25, 0.3) is 0 Å². The predicted molar refractivity (Wildman–Crippen MR) is 33.7 cm³/mol. The zero-order valence-corrected chi connectivity index (χ0v) is 5.96. The SMILES string of the molecule is CC(C)CBr.N. The number of rotatable bonds is 1. The highest BCUT2D eigenvalue weighted by atomic mass is 79.9. The summed E-state index contributed by atoms with van der Waals surface area (Å²) < 4.78 is 0. The molecule has 0 aliphatic carbocycles. The largest absolute Gasteiger partial charge is 0.344 e. The standard InChI is InChI=1S/C4H9Br.H3N/c1-4(2)3-5;/h4H,3H2,1-2H3;1H3. The Kier molecular flexibility index (Phi) is 8.77. The van der Waals surface area contributed by atoms with E-state index in [4.69, 9.17) is 0 Å². The molecule has 0 fully saturated rings. The first kappa shape index (κ1) is 9.67. The quantitative estimate of drug-likeness (QED) is 0.577. The normalized spacial score (nSPS) is 8.00. The second-order valence-electron chi connectivity index (χ2n) is 1.55. The molecule has 0 aromatic heterocycles. The Balaban J connectivity index is 0. The van der Waals surface area contributed by atoms with Gasteiger partial charge < -0.3 is 6.15 Å². The molecule has 0 aliphatic heterocycles. The molecule has 0 atom stereocenters. The summed E-state index contributed by atoms with van der Waals surface area (Å²) in [5.41, 5.74) is 0. The van der Waals surface area contributed by atoms with Crippen molar-refractivity contribution in [2.45, 2.75) is 13.8 Å². The van der Waals surface area contributed by atoms with Gasteiger partial charge in [-0.05, 0) is 5.92 Å². The van der Waals surface area contributed by atoms with E-state index in [-0.39, 0.29) is 6.15 Å². The second kappa shape index (κ2) is 5.44. The van der Waals surface area contributed by atoms with Crippen molar-refractivity contribution in [1.82, 2.24) is 6.15 Å². The van der Waals surface area contributed by atoms with E-state index < -0.39 is 0 Å². The van der Waals surface area contributed by atoms with Crippen molar-refractivity contribution in [2.24, 2.45) is 5.92 Å². The molecule has 0 unspecified atom stereocenters. The summed E-state index contributed by atoms with van der Waals surface area (Å²) in [6.45, 7) is 4.35. The third-order valence-electron chi connectivity index (χ3n) is 0.309. The van der Waals surface area contributed by atoms with Gasteiger partial charge in [0.05, 0.1) is 0 Å². The molecule has 0 saturated carbocycles. The summed E-state index contributed by atoms with van der Waals surface area (Å²) in [6, 6.07) is 0.